The van der Waals surface area contributed by atoms with Crippen LogP contribution in [0.25, 0.3) is 0 Å². The average Bonchev–Trinajstić information content (AvgIpc) is 2.57. The Morgan fingerprint density at radius 2 is 2.46 bits per heavy atom. The molecule has 1 aromatic heterocycles. The summed E-state index contributed by atoms with van der Waals surface area (Å²) >= 11 is 0. The van der Waals surface area contributed by atoms with Crippen molar-refractivity contribution in [3.8, 4) is 0 Å². The summed E-state index contributed by atoms with van der Waals surface area (Å²) in [6.45, 7) is 2.83. The first-order chi connectivity index (χ1) is 6.33. The van der Waals surface area contributed by atoms with Crippen LogP contribution in [0.2, 0.25) is 0 Å². The van der Waals surface area contributed by atoms with E-state index < -0.39 is 0 Å². The van der Waals surface area contributed by atoms with Crippen LogP contribution in [0.3, 0.4) is 0 Å². The summed E-state index contributed by atoms with van der Waals surface area (Å²) in [5, 5.41) is 6.85. The molecule has 0 fully saturated rings. The standard InChI is InChI=1S/C8H16N4O/c1-9-4-3-5-12(2)6-8-10-7-13-11-8/h7,9H,3-6H2,1-2H3. The third kappa shape index (κ3) is 4.00. The molecule has 0 saturated carbocycles. The number of nitrogens with zero attached hydrogens (tertiary/aromatic N) is 3. The van der Waals surface area contributed by atoms with Crippen LogP contribution in [-0.4, -0.2) is 42.2 Å². The van der Waals surface area contributed by atoms with Gasteiger partial charge in [-0.05, 0) is 33.6 Å². The maximum absolute atomic E-state index is 4.64. The van der Waals surface area contributed by atoms with Crippen LogP contribution in [0.5, 0.6) is 0 Å². The number of rotatable bonds is 6. The number of hydrogen-bond acceptors (Lipinski definition) is 5. The molecule has 0 aliphatic heterocycles. The molecular weight excluding hydrogens is 168 g/mol. The highest BCUT2D eigenvalue weighted by Gasteiger charge is 2.02. The van der Waals surface area contributed by atoms with Gasteiger partial charge in [-0.3, -0.25) is 4.90 Å². The van der Waals surface area contributed by atoms with E-state index in [1.807, 2.05) is 14.1 Å². The Morgan fingerprint density at radius 3 is 3.08 bits per heavy atom. The molecule has 0 aliphatic rings. The van der Waals surface area contributed by atoms with Gasteiger partial charge in [-0.1, -0.05) is 5.16 Å². The van der Waals surface area contributed by atoms with Gasteiger partial charge in [-0.25, -0.2) is 0 Å². The van der Waals surface area contributed by atoms with E-state index >= 15 is 0 Å². The number of aromatic nitrogens is 2. The Bertz CT molecular complexity index is 212. The van der Waals surface area contributed by atoms with Gasteiger partial charge >= 0.3 is 0 Å². The van der Waals surface area contributed by atoms with Gasteiger partial charge in [-0.2, -0.15) is 4.98 Å². The van der Waals surface area contributed by atoms with Crippen LogP contribution in [-0.2, 0) is 6.54 Å². The molecule has 0 amide bonds. The van der Waals surface area contributed by atoms with Gasteiger partial charge in [0.2, 0.25) is 6.39 Å². The number of hydrogen-bond donors (Lipinski definition) is 1. The quantitative estimate of drug-likeness (QED) is 0.636. The van der Waals surface area contributed by atoms with E-state index in [1.165, 1.54) is 6.39 Å². The van der Waals surface area contributed by atoms with Crippen molar-refractivity contribution < 1.29 is 4.52 Å². The molecule has 1 aromatic rings. The summed E-state index contributed by atoms with van der Waals surface area (Å²) in [7, 11) is 4.01. The van der Waals surface area contributed by atoms with Crippen molar-refractivity contribution in [2.75, 3.05) is 27.2 Å². The van der Waals surface area contributed by atoms with Gasteiger partial charge in [0.1, 0.15) is 0 Å². The van der Waals surface area contributed by atoms with Crippen molar-refractivity contribution in [2.45, 2.75) is 13.0 Å². The first-order valence-corrected chi connectivity index (χ1v) is 4.41. The molecule has 13 heavy (non-hydrogen) atoms. The number of nitrogens with one attached hydrogen (secondary N) is 1. The fourth-order valence-corrected chi connectivity index (χ4v) is 1.11. The summed E-state index contributed by atoms with van der Waals surface area (Å²) < 4.78 is 4.64. The van der Waals surface area contributed by atoms with E-state index in [0.29, 0.717) is 0 Å². The minimum absolute atomic E-state index is 0.743. The predicted octanol–water partition coefficient (Wildman–Crippen LogP) is 0.111. The molecule has 0 aromatic carbocycles. The second kappa shape index (κ2) is 5.66. The van der Waals surface area contributed by atoms with Crippen LogP contribution < -0.4 is 5.32 Å². The van der Waals surface area contributed by atoms with Crippen molar-refractivity contribution >= 4 is 0 Å². The zero-order chi connectivity index (χ0) is 9.52. The van der Waals surface area contributed by atoms with Crippen molar-refractivity contribution in [3.05, 3.63) is 12.2 Å². The monoisotopic (exact) mass is 184 g/mol. The lowest BCUT2D eigenvalue weighted by Gasteiger charge is -2.13. The zero-order valence-corrected chi connectivity index (χ0v) is 8.16. The normalized spacial score (nSPS) is 11.0. The third-order valence-corrected chi connectivity index (χ3v) is 1.78. The van der Waals surface area contributed by atoms with E-state index in [9.17, 15) is 0 Å². The van der Waals surface area contributed by atoms with Crippen LogP contribution in [0.4, 0.5) is 0 Å². The van der Waals surface area contributed by atoms with E-state index in [2.05, 4.69) is 24.9 Å². The molecule has 0 unspecified atom stereocenters. The molecule has 0 spiro atoms. The third-order valence-electron chi connectivity index (χ3n) is 1.78. The molecule has 0 aliphatic carbocycles. The van der Waals surface area contributed by atoms with Crippen molar-refractivity contribution in [1.82, 2.24) is 20.4 Å². The lowest BCUT2D eigenvalue weighted by molar-refractivity contribution is 0.304. The molecule has 0 bridgehead atoms. The first kappa shape index (κ1) is 10.1. The highest BCUT2D eigenvalue weighted by molar-refractivity contribution is 4.76. The van der Waals surface area contributed by atoms with Gasteiger partial charge in [0.15, 0.2) is 5.82 Å². The second-order valence-electron chi connectivity index (χ2n) is 3.04. The average molecular weight is 184 g/mol. The predicted molar refractivity (Wildman–Crippen MR) is 49.2 cm³/mol. The smallest absolute Gasteiger partial charge is 0.213 e. The lowest BCUT2D eigenvalue weighted by Crippen LogP contribution is -2.22. The van der Waals surface area contributed by atoms with Gasteiger partial charge < -0.3 is 9.84 Å². The Kier molecular flexibility index (Phi) is 4.42. The largest absolute Gasteiger partial charge is 0.343 e. The fourth-order valence-electron chi connectivity index (χ4n) is 1.11. The van der Waals surface area contributed by atoms with Crippen LogP contribution in [0, 0.1) is 0 Å². The van der Waals surface area contributed by atoms with E-state index in [-0.39, 0.29) is 0 Å². The minimum Gasteiger partial charge on any atom is -0.343 e. The molecule has 1 N–H and O–H groups in total. The van der Waals surface area contributed by atoms with E-state index in [1.54, 1.807) is 0 Å². The molecule has 0 radical (unpaired) electrons. The Labute approximate surface area is 78.1 Å². The summed E-state index contributed by atoms with van der Waals surface area (Å²) in [4.78, 5) is 6.12. The second-order valence-corrected chi connectivity index (χ2v) is 3.04. The zero-order valence-electron chi connectivity index (χ0n) is 8.16. The SMILES string of the molecule is CNCCCN(C)Cc1ncon1. The summed E-state index contributed by atoms with van der Waals surface area (Å²) in [6, 6.07) is 0. The fraction of sp³-hybridized carbons (Fsp3) is 0.750. The molecular formula is C8H16N4O. The Hall–Kier alpha value is -0.940. The van der Waals surface area contributed by atoms with Gasteiger partial charge in [0, 0.05) is 0 Å². The van der Waals surface area contributed by atoms with Crippen molar-refractivity contribution in [2.24, 2.45) is 0 Å². The molecule has 1 rings (SSSR count). The van der Waals surface area contributed by atoms with Crippen molar-refractivity contribution in [3.63, 3.8) is 0 Å². The van der Waals surface area contributed by atoms with Gasteiger partial charge in [-0.15, -0.1) is 0 Å². The molecule has 1 heterocycles. The molecule has 5 nitrogen and oxygen atoms in total. The first-order valence-electron chi connectivity index (χ1n) is 4.41. The highest BCUT2D eigenvalue weighted by atomic mass is 16.5. The topological polar surface area (TPSA) is 54.2 Å². The van der Waals surface area contributed by atoms with Gasteiger partial charge in [0.05, 0.1) is 6.54 Å². The van der Waals surface area contributed by atoms with Crippen LogP contribution in [0.1, 0.15) is 12.2 Å². The highest BCUT2D eigenvalue weighted by Crippen LogP contribution is 1.95. The minimum atomic E-state index is 0.743. The van der Waals surface area contributed by atoms with Crippen LogP contribution >= 0.6 is 0 Å². The van der Waals surface area contributed by atoms with Crippen molar-refractivity contribution in [1.29, 1.82) is 0 Å². The summed E-state index contributed by atoms with van der Waals surface area (Å²) in [6.07, 6.45) is 2.49. The van der Waals surface area contributed by atoms with E-state index in [0.717, 1.165) is 31.9 Å². The molecule has 74 valence electrons. The Balaban J connectivity index is 2.14. The Morgan fingerprint density at radius 1 is 1.62 bits per heavy atom. The molecule has 0 saturated heterocycles. The van der Waals surface area contributed by atoms with E-state index in [4.69, 9.17) is 0 Å². The lowest BCUT2D eigenvalue weighted by atomic mass is 10.4. The van der Waals surface area contributed by atoms with Gasteiger partial charge in [0.25, 0.3) is 0 Å². The summed E-state index contributed by atoms with van der Waals surface area (Å²) in [5.41, 5.74) is 0. The summed E-state index contributed by atoms with van der Waals surface area (Å²) in [5.74, 6) is 0.743. The molecule has 5 heteroatoms. The maximum Gasteiger partial charge on any atom is 0.213 e. The van der Waals surface area contributed by atoms with Crippen LogP contribution in [0.15, 0.2) is 10.9 Å². The maximum atomic E-state index is 4.64. The molecule has 0 atom stereocenters.